The topological polar surface area (TPSA) is 29.9 Å². The van der Waals surface area contributed by atoms with Crippen molar-refractivity contribution in [3.8, 4) is 0 Å². The zero-order valence-corrected chi connectivity index (χ0v) is 10.5. The van der Waals surface area contributed by atoms with Crippen LogP contribution in [-0.2, 0) is 13.1 Å². The summed E-state index contributed by atoms with van der Waals surface area (Å²) in [6, 6.07) is 8.54. The first-order valence-electron chi connectivity index (χ1n) is 6.05. The molecule has 0 saturated carbocycles. The molecule has 0 saturated heterocycles. The minimum atomic E-state index is 0.841. The molecule has 3 nitrogen and oxygen atoms in total. The van der Waals surface area contributed by atoms with Crippen molar-refractivity contribution >= 4 is 0 Å². The Morgan fingerprint density at radius 1 is 1.29 bits per heavy atom. The third-order valence-corrected chi connectivity index (χ3v) is 2.69. The van der Waals surface area contributed by atoms with Gasteiger partial charge in [0.15, 0.2) is 0 Å². The third-order valence-electron chi connectivity index (χ3n) is 2.69. The molecular formula is C14H19N3. The first-order valence-corrected chi connectivity index (χ1v) is 6.05. The van der Waals surface area contributed by atoms with Gasteiger partial charge in [-0.05, 0) is 19.0 Å². The molecule has 0 spiro atoms. The molecule has 2 rings (SSSR count). The first kappa shape index (κ1) is 11.9. The van der Waals surface area contributed by atoms with Crippen molar-refractivity contribution in [2.45, 2.75) is 26.9 Å². The largest absolute Gasteiger partial charge is 0.313 e. The number of aryl methyl sites for hydroxylation is 1. The van der Waals surface area contributed by atoms with Gasteiger partial charge in [0, 0.05) is 18.3 Å². The van der Waals surface area contributed by atoms with Gasteiger partial charge in [-0.15, -0.1) is 0 Å². The fourth-order valence-corrected chi connectivity index (χ4v) is 1.85. The van der Waals surface area contributed by atoms with Crippen LogP contribution in [0.2, 0.25) is 0 Å². The molecule has 0 unspecified atom stereocenters. The monoisotopic (exact) mass is 229 g/mol. The van der Waals surface area contributed by atoms with Crippen molar-refractivity contribution in [2.24, 2.45) is 0 Å². The Morgan fingerprint density at radius 2 is 2.18 bits per heavy atom. The van der Waals surface area contributed by atoms with Gasteiger partial charge in [0.25, 0.3) is 0 Å². The molecular weight excluding hydrogens is 210 g/mol. The maximum Gasteiger partial charge on any atom is 0.0659 e. The van der Waals surface area contributed by atoms with Gasteiger partial charge in [0.05, 0.1) is 12.7 Å². The molecule has 1 N–H and O–H groups in total. The summed E-state index contributed by atoms with van der Waals surface area (Å²) in [5, 5.41) is 7.67. The molecule has 2 aromatic rings. The van der Waals surface area contributed by atoms with E-state index in [-0.39, 0.29) is 0 Å². The van der Waals surface area contributed by atoms with Gasteiger partial charge in [-0.1, -0.05) is 36.8 Å². The Balaban J connectivity index is 2.01. The van der Waals surface area contributed by atoms with E-state index in [1.165, 1.54) is 16.7 Å². The standard InChI is InChI=1S/C14H19N3/c1-3-15-8-14-9-16-17(11-14)10-13-6-4-5-12(2)7-13/h4-7,9,11,15H,3,8,10H2,1-2H3. The highest BCUT2D eigenvalue weighted by Gasteiger charge is 1.99. The van der Waals surface area contributed by atoms with Crippen molar-refractivity contribution in [3.63, 3.8) is 0 Å². The van der Waals surface area contributed by atoms with Crippen molar-refractivity contribution in [3.05, 3.63) is 53.3 Å². The minimum Gasteiger partial charge on any atom is -0.313 e. The van der Waals surface area contributed by atoms with E-state index in [9.17, 15) is 0 Å². The highest BCUT2D eigenvalue weighted by atomic mass is 15.3. The van der Waals surface area contributed by atoms with E-state index in [0.29, 0.717) is 0 Å². The molecule has 0 atom stereocenters. The lowest BCUT2D eigenvalue weighted by atomic mass is 10.1. The summed E-state index contributed by atoms with van der Waals surface area (Å²) in [7, 11) is 0. The lowest BCUT2D eigenvalue weighted by Gasteiger charge is -2.02. The molecule has 0 aliphatic carbocycles. The first-order chi connectivity index (χ1) is 8.28. The van der Waals surface area contributed by atoms with Gasteiger partial charge in [-0.3, -0.25) is 4.68 Å². The molecule has 3 heteroatoms. The molecule has 1 aromatic carbocycles. The van der Waals surface area contributed by atoms with Crippen LogP contribution in [-0.4, -0.2) is 16.3 Å². The second kappa shape index (κ2) is 5.64. The Morgan fingerprint density at radius 3 is 2.94 bits per heavy atom. The Kier molecular flexibility index (Phi) is 3.94. The summed E-state index contributed by atoms with van der Waals surface area (Å²) in [6.07, 6.45) is 4.03. The quantitative estimate of drug-likeness (QED) is 0.853. The molecule has 90 valence electrons. The van der Waals surface area contributed by atoms with E-state index in [4.69, 9.17) is 0 Å². The summed E-state index contributed by atoms with van der Waals surface area (Å²) in [5.74, 6) is 0. The van der Waals surface area contributed by atoms with E-state index >= 15 is 0 Å². The van der Waals surface area contributed by atoms with Crippen LogP contribution in [0, 0.1) is 6.92 Å². The number of hydrogen-bond donors (Lipinski definition) is 1. The number of nitrogens with one attached hydrogen (secondary N) is 1. The van der Waals surface area contributed by atoms with Crippen LogP contribution < -0.4 is 5.32 Å². The van der Waals surface area contributed by atoms with Gasteiger partial charge < -0.3 is 5.32 Å². The smallest absolute Gasteiger partial charge is 0.0659 e. The molecule has 0 amide bonds. The molecule has 1 heterocycles. The summed E-state index contributed by atoms with van der Waals surface area (Å²) in [5.41, 5.74) is 3.82. The van der Waals surface area contributed by atoms with Crippen LogP contribution in [0.4, 0.5) is 0 Å². The lowest BCUT2D eigenvalue weighted by Crippen LogP contribution is -2.11. The fraction of sp³-hybridized carbons (Fsp3) is 0.357. The van der Waals surface area contributed by atoms with Crippen LogP contribution in [0.3, 0.4) is 0 Å². The molecule has 1 aromatic heterocycles. The average Bonchev–Trinajstić information content (AvgIpc) is 2.74. The predicted octanol–water partition coefficient (Wildman–Crippen LogP) is 2.35. The number of aromatic nitrogens is 2. The fourth-order valence-electron chi connectivity index (χ4n) is 1.85. The second-order valence-electron chi connectivity index (χ2n) is 4.32. The molecule has 0 bridgehead atoms. The Labute approximate surface area is 102 Å². The number of nitrogens with zero attached hydrogens (tertiary/aromatic N) is 2. The van der Waals surface area contributed by atoms with E-state index < -0.39 is 0 Å². The molecule has 0 aliphatic heterocycles. The zero-order chi connectivity index (χ0) is 12.1. The van der Waals surface area contributed by atoms with E-state index in [0.717, 1.165) is 19.6 Å². The van der Waals surface area contributed by atoms with Crippen molar-refractivity contribution < 1.29 is 0 Å². The Hall–Kier alpha value is -1.61. The summed E-state index contributed by atoms with van der Waals surface area (Å²) in [4.78, 5) is 0. The number of hydrogen-bond acceptors (Lipinski definition) is 2. The van der Waals surface area contributed by atoms with Crippen LogP contribution in [0.25, 0.3) is 0 Å². The van der Waals surface area contributed by atoms with Gasteiger partial charge in [-0.2, -0.15) is 5.10 Å². The van der Waals surface area contributed by atoms with Gasteiger partial charge in [0.1, 0.15) is 0 Å². The molecule has 0 aliphatic rings. The van der Waals surface area contributed by atoms with Crippen molar-refractivity contribution in [1.29, 1.82) is 0 Å². The van der Waals surface area contributed by atoms with Crippen molar-refractivity contribution in [1.82, 2.24) is 15.1 Å². The molecule has 0 radical (unpaired) electrons. The third kappa shape index (κ3) is 3.43. The van der Waals surface area contributed by atoms with Crippen molar-refractivity contribution in [2.75, 3.05) is 6.54 Å². The normalized spacial score (nSPS) is 10.7. The van der Waals surface area contributed by atoms with Crippen LogP contribution in [0.5, 0.6) is 0 Å². The van der Waals surface area contributed by atoms with E-state index in [1.54, 1.807) is 0 Å². The molecule has 0 fully saturated rings. The van der Waals surface area contributed by atoms with Gasteiger partial charge in [-0.25, -0.2) is 0 Å². The highest BCUT2D eigenvalue weighted by Crippen LogP contribution is 2.06. The van der Waals surface area contributed by atoms with Gasteiger partial charge in [0.2, 0.25) is 0 Å². The summed E-state index contributed by atoms with van der Waals surface area (Å²) in [6.45, 7) is 6.95. The maximum absolute atomic E-state index is 4.37. The number of benzene rings is 1. The maximum atomic E-state index is 4.37. The van der Waals surface area contributed by atoms with E-state index in [1.807, 2.05) is 10.9 Å². The lowest BCUT2D eigenvalue weighted by molar-refractivity contribution is 0.682. The summed E-state index contributed by atoms with van der Waals surface area (Å²) < 4.78 is 1.99. The predicted molar refractivity (Wildman–Crippen MR) is 69.9 cm³/mol. The summed E-state index contributed by atoms with van der Waals surface area (Å²) >= 11 is 0. The Bertz CT molecular complexity index is 474. The van der Waals surface area contributed by atoms with Crippen LogP contribution in [0.15, 0.2) is 36.7 Å². The zero-order valence-electron chi connectivity index (χ0n) is 10.5. The minimum absolute atomic E-state index is 0.841. The van der Waals surface area contributed by atoms with E-state index in [2.05, 4.69) is 54.7 Å². The second-order valence-corrected chi connectivity index (χ2v) is 4.32. The SMILES string of the molecule is CCNCc1cnn(Cc2cccc(C)c2)c1. The average molecular weight is 229 g/mol. The number of rotatable bonds is 5. The van der Waals surface area contributed by atoms with Crippen LogP contribution in [0.1, 0.15) is 23.6 Å². The van der Waals surface area contributed by atoms with Gasteiger partial charge >= 0.3 is 0 Å². The van der Waals surface area contributed by atoms with Crippen LogP contribution >= 0.6 is 0 Å². The highest BCUT2D eigenvalue weighted by molar-refractivity contribution is 5.22. The molecule has 17 heavy (non-hydrogen) atoms.